The average Bonchev–Trinajstić information content (AvgIpc) is 3.49. The van der Waals surface area contributed by atoms with Crippen molar-refractivity contribution in [3.8, 4) is 5.75 Å². The van der Waals surface area contributed by atoms with Crippen molar-refractivity contribution in [2.24, 2.45) is 11.8 Å². The number of nitrogens with zero attached hydrogens (tertiary/aromatic N) is 1. The molecule has 1 aromatic carbocycles. The maximum absolute atomic E-state index is 12.2. The Bertz CT molecular complexity index is 853. The van der Waals surface area contributed by atoms with E-state index in [1.54, 1.807) is 18.2 Å². The molecule has 1 aromatic heterocycles. The second-order valence-corrected chi connectivity index (χ2v) is 8.11. The molecule has 0 unspecified atom stereocenters. The molecule has 3 N–H and O–H groups in total. The van der Waals surface area contributed by atoms with Gasteiger partial charge in [0.1, 0.15) is 5.75 Å². The number of ether oxygens (including phenoxy) is 1. The molecule has 0 radical (unpaired) electrons. The third kappa shape index (κ3) is 5.82. The van der Waals surface area contributed by atoms with Gasteiger partial charge in [0, 0.05) is 29.4 Å². The normalized spacial score (nSPS) is 17.0. The minimum atomic E-state index is -0.270. The second-order valence-electron chi connectivity index (χ2n) is 8.11. The summed E-state index contributed by atoms with van der Waals surface area (Å²) in [6.45, 7) is -0.120. The highest BCUT2D eigenvalue weighted by Gasteiger charge is 2.29. The lowest BCUT2D eigenvalue weighted by molar-refractivity contribution is -0.118. The van der Waals surface area contributed by atoms with E-state index >= 15 is 0 Å². The monoisotopic (exact) mass is 396 g/mol. The summed E-state index contributed by atoms with van der Waals surface area (Å²) in [7, 11) is 0. The number of hydrogen-bond acceptors (Lipinski definition) is 4. The number of benzene rings is 1. The molecule has 2 fully saturated rings. The summed E-state index contributed by atoms with van der Waals surface area (Å²) in [4.78, 5) is 24.0. The van der Waals surface area contributed by atoms with Crippen molar-refractivity contribution < 1.29 is 14.3 Å². The first kappa shape index (κ1) is 19.5. The standard InChI is InChI=1S/C22H28N4O3/c27-21(24-20-13-18(25-26-20)11-15-5-2-1-3-6-15)14-29-19-8-4-7-17(12-19)23-22(28)16-9-10-16/h4,7-8,12-13,15-16H,1-3,5-6,9-11,14H2,(H,23,28)(H2,24,25,26,27). The van der Waals surface area contributed by atoms with Crippen LogP contribution in [0, 0.1) is 11.8 Å². The van der Waals surface area contributed by atoms with Crippen LogP contribution in [-0.2, 0) is 16.0 Å². The SMILES string of the molecule is O=C(COc1cccc(NC(=O)C2CC2)c1)Nc1cc(CC2CCCCC2)[nH]n1. The lowest BCUT2D eigenvalue weighted by atomic mass is 9.86. The van der Waals surface area contributed by atoms with E-state index in [1.165, 1.54) is 32.1 Å². The molecular formula is C22H28N4O3. The van der Waals surface area contributed by atoms with Gasteiger partial charge in [0.2, 0.25) is 5.91 Å². The van der Waals surface area contributed by atoms with Gasteiger partial charge < -0.3 is 15.4 Å². The fourth-order valence-electron chi connectivity index (χ4n) is 3.81. The number of nitrogens with one attached hydrogen (secondary N) is 3. The van der Waals surface area contributed by atoms with Gasteiger partial charge in [-0.2, -0.15) is 5.10 Å². The van der Waals surface area contributed by atoms with Crippen LogP contribution in [0.3, 0.4) is 0 Å². The predicted molar refractivity (Wildman–Crippen MR) is 111 cm³/mol. The molecule has 2 saturated carbocycles. The number of carbonyl (C=O) groups excluding carboxylic acids is 2. The van der Waals surface area contributed by atoms with E-state index in [2.05, 4.69) is 20.8 Å². The Balaban J connectivity index is 1.23. The molecule has 2 aromatic rings. The molecule has 1 heterocycles. The molecule has 4 rings (SSSR count). The molecule has 2 amide bonds. The predicted octanol–water partition coefficient (Wildman–Crippen LogP) is 3.90. The van der Waals surface area contributed by atoms with Gasteiger partial charge >= 0.3 is 0 Å². The van der Waals surface area contributed by atoms with E-state index in [-0.39, 0.29) is 24.3 Å². The Morgan fingerprint density at radius 1 is 1.07 bits per heavy atom. The molecule has 0 spiro atoms. The molecule has 0 aliphatic heterocycles. The smallest absolute Gasteiger partial charge is 0.263 e. The zero-order valence-electron chi connectivity index (χ0n) is 16.6. The van der Waals surface area contributed by atoms with Crippen LogP contribution in [0.1, 0.15) is 50.6 Å². The highest BCUT2D eigenvalue weighted by Crippen LogP contribution is 2.30. The quantitative estimate of drug-likeness (QED) is 0.630. The van der Waals surface area contributed by atoms with E-state index in [0.717, 1.165) is 25.0 Å². The van der Waals surface area contributed by atoms with E-state index in [9.17, 15) is 9.59 Å². The number of anilines is 2. The minimum absolute atomic E-state index is 0.0439. The second kappa shape index (κ2) is 9.11. The van der Waals surface area contributed by atoms with Crippen molar-refractivity contribution in [2.45, 2.75) is 51.4 Å². The number of hydrogen-bond donors (Lipinski definition) is 3. The van der Waals surface area contributed by atoms with Gasteiger partial charge in [-0.15, -0.1) is 0 Å². The number of carbonyl (C=O) groups is 2. The first-order valence-corrected chi connectivity index (χ1v) is 10.5. The summed E-state index contributed by atoms with van der Waals surface area (Å²) >= 11 is 0. The van der Waals surface area contributed by atoms with Crippen LogP contribution in [0.4, 0.5) is 11.5 Å². The van der Waals surface area contributed by atoms with Crippen molar-refractivity contribution >= 4 is 23.3 Å². The van der Waals surface area contributed by atoms with E-state index in [1.807, 2.05) is 12.1 Å². The minimum Gasteiger partial charge on any atom is -0.484 e. The molecule has 0 atom stereocenters. The zero-order valence-corrected chi connectivity index (χ0v) is 16.6. The largest absolute Gasteiger partial charge is 0.484 e. The lowest BCUT2D eigenvalue weighted by Crippen LogP contribution is -2.20. The van der Waals surface area contributed by atoms with Crippen LogP contribution in [0.5, 0.6) is 5.75 Å². The maximum atomic E-state index is 12.2. The summed E-state index contributed by atoms with van der Waals surface area (Å²) in [5.41, 5.74) is 1.74. The fourth-order valence-corrected chi connectivity index (χ4v) is 3.81. The molecular weight excluding hydrogens is 368 g/mol. The van der Waals surface area contributed by atoms with Gasteiger partial charge in [-0.05, 0) is 37.3 Å². The van der Waals surface area contributed by atoms with E-state index < -0.39 is 0 Å². The van der Waals surface area contributed by atoms with Gasteiger partial charge in [0.15, 0.2) is 12.4 Å². The van der Waals surface area contributed by atoms with E-state index in [0.29, 0.717) is 23.2 Å². The number of aromatic nitrogens is 2. The van der Waals surface area contributed by atoms with Crippen LogP contribution in [0.2, 0.25) is 0 Å². The van der Waals surface area contributed by atoms with Crippen LogP contribution >= 0.6 is 0 Å². The van der Waals surface area contributed by atoms with Crippen molar-refractivity contribution in [2.75, 3.05) is 17.2 Å². The van der Waals surface area contributed by atoms with Crippen molar-refractivity contribution in [1.82, 2.24) is 10.2 Å². The first-order valence-electron chi connectivity index (χ1n) is 10.5. The fraction of sp³-hybridized carbons (Fsp3) is 0.500. The number of H-pyrrole nitrogens is 1. The summed E-state index contributed by atoms with van der Waals surface area (Å²) in [5.74, 6) is 1.69. The molecule has 154 valence electrons. The molecule has 2 aliphatic carbocycles. The summed E-state index contributed by atoms with van der Waals surface area (Å²) in [5, 5.41) is 12.9. The van der Waals surface area contributed by atoms with E-state index in [4.69, 9.17) is 4.74 Å². The van der Waals surface area contributed by atoms with Crippen molar-refractivity contribution in [3.05, 3.63) is 36.0 Å². The molecule has 0 saturated heterocycles. The van der Waals surface area contributed by atoms with Crippen molar-refractivity contribution in [1.29, 1.82) is 0 Å². The Labute approximate surface area is 170 Å². The molecule has 29 heavy (non-hydrogen) atoms. The van der Waals surface area contributed by atoms with Gasteiger partial charge in [-0.1, -0.05) is 38.2 Å². The number of amides is 2. The van der Waals surface area contributed by atoms with Gasteiger partial charge in [0.25, 0.3) is 5.91 Å². The highest BCUT2D eigenvalue weighted by atomic mass is 16.5. The topological polar surface area (TPSA) is 96.1 Å². The Kier molecular flexibility index (Phi) is 6.12. The zero-order chi connectivity index (χ0) is 20.1. The molecule has 2 aliphatic rings. The first-order chi connectivity index (χ1) is 14.2. The van der Waals surface area contributed by atoms with Crippen molar-refractivity contribution in [3.63, 3.8) is 0 Å². The highest BCUT2D eigenvalue weighted by molar-refractivity contribution is 5.94. The van der Waals surface area contributed by atoms with Crippen LogP contribution in [-0.4, -0.2) is 28.6 Å². The third-order valence-corrected chi connectivity index (χ3v) is 5.55. The summed E-state index contributed by atoms with van der Waals surface area (Å²) in [6.07, 6.45) is 9.41. The lowest BCUT2D eigenvalue weighted by Gasteiger charge is -2.20. The third-order valence-electron chi connectivity index (χ3n) is 5.55. The maximum Gasteiger partial charge on any atom is 0.263 e. The van der Waals surface area contributed by atoms with Crippen LogP contribution < -0.4 is 15.4 Å². The Morgan fingerprint density at radius 3 is 2.69 bits per heavy atom. The molecule has 7 nitrogen and oxygen atoms in total. The number of rotatable bonds is 8. The van der Waals surface area contributed by atoms with Gasteiger partial charge in [-0.25, -0.2) is 0 Å². The molecule has 7 heteroatoms. The van der Waals surface area contributed by atoms with Crippen LogP contribution in [0.15, 0.2) is 30.3 Å². The average molecular weight is 396 g/mol. The van der Waals surface area contributed by atoms with Gasteiger partial charge in [-0.3, -0.25) is 14.7 Å². The molecule has 0 bridgehead atoms. The summed E-state index contributed by atoms with van der Waals surface area (Å²) in [6, 6.07) is 8.99. The Hall–Kier alpha value is -2.83. The van der Waals surface area contributed by atoms with Crippen LogP contribution in [0.25, 0.3) is 0 Å². The Morgan fingerprint density at radius 2 is 1.90 bits per heavy atom. The summed E-state index contributed by atoms with van der Waals surface area (Å²) < 4.78 is 5.57. The van der Waals surface area contributed by atoms with Gasteiger partial charge in [0.05, 0.1) is 0 Å². The number of aromatic amines is 1.